The predicted octanol–water partition coefficient (Wildman–Crippen LogP) is 2.72. The van der Waals surface area contributed by atoms with E-state index in [1.54, 1.807) is 0 Å². The van der Waals surface area contributed by atoms with Gasteiger partial charge in [0.2, 0.25) is 0 Å². The normalized spacial score (nSPS) is 25.6. The maximum Gasteiger partial charge on any atom is 0.0107 e. The van der Waals surface area contributed by atoms with Gasteiger partial charge >= 0.3 is 0 Å². The van der Waals surface area contributed by atoms with Gasteiger partial charge < -0.3 is 15.1 Å². The average Bonchev–Trinajstić information content (AvgIpc) is 2.37. The molecule has 2 fully saturated rings. The molecule has 1 N–H and O–H groups in total. The summed E-state index contributed by atoms with van der Waals surface area (Å²) in [4.78, 5) is 5.17. The molecule has 2 aliphatic rings. The molecule has 0 amide bonds. The molecule has 0 atom stereocenters. The molecule has 0 aromatic rings. The molecule has 0 aliphatic carbocycles. The van der Waals surface area contributed by atoms with Crippen molar-refractivity contribution in [3.05, 3.63) is 0 Å². The molecule has 118 valence electrons. The zero-order chi connectivity index (χ0) is 14.0. The highest BCUT2D eigenvalue weighted by molar-refractivity contribution is 4.73. The number of nitrogens with zero attached hydrogens (tertiary/aromatic N) is 2. The van der Waals surface area contributed by atoms with Gasteiger partial charge in [-0.15, -0.1) is 0 Å². The van der Waals surface area contributed by atoms with Crippen LogP contribution in [0, 0.1) is 0 Å². The summed E-state index contributed by atoms with van der Waals surface area (Å²) in [6, 6.07) is 0.776. The van der Waals surface area contributed by atoms with Gasteiger partial charge in [-0.05, 0) is 71.8 Å². The third kappa shape index (κ3) is 6.55. The highest BCUT2D eigenvalue weighted by Gasteiger charge is 2.13. The second-order valence-corrected chi connectivity index (χ2v) is 6.85. The van der Waals surface area contributed by atoms with E-state index in [9.17, 15) is 0 Å². The lowest BCUT2D eigenvalue weighted by atomic mass is 10.0. The van der Waals surface area contributed by atoms with E-state index in [0.29, 0.717) is 0 Å². The molecule has 0 unspecified atom stereocenters. The second-order valence-electron chi connectivity index (χ2n) is 6.85. The molecule has 0 spiro atoms. The lowest BCUT2D eigenvalue weighted by Crippen LogP contribution is -2.39. The fourth-order valence-corrected chi connectivity index (χ4v) is 3.64. The van der Waals surface area contributed by atoms with E-state index in [1.807, 2.05) is 0 Å². The van der Waals surface area contributed by atoms with Crippen LogP contribution in [-0.4, -0.2) is 62.2 Å². The van der Waals surface area contributed by atoms with Gasteiger partial charge in [0.25, 0.3) is 0 Å². The van der Waals surface area contributed by atoms with E-state index < -0.39 is 0 Å². The number of rotatable bonds is 4. The van der Waals surface area contributed by atoms with E-state index in [-0.39, 0.29) is 0 Å². The largest absolute Gasteiger partial charge is 0.313 e. The van der Waals surface area contributed by atoms with Crippen molar-refractivity contribution in [1.29, 1.82) is 0 Å². The molecule has 20 heavy (non-hydrogen) atoms. The van der Waals surface area contributed by atoms with Crippen LogP contribution in [0.3, 0.4) is 0 Å². The Morgan fingerprint density at radius 2 is 1.40 bits per heavy atom. The first kappa shape index (κ1) is 16.3. The summed E-state index contributed by atoms with van der Waals surface area (Å²) in [5.74, 6) is 0. The quantitative estimate of drug-likeness (QED) is 0.855. The van der Waals surface area contributed by atoms with Crippen molar-refractivity contribution in [3.63, 3.8) is 0 Å². The molecular weight excluding hydrogens is 246 g/mol. The SMILES string of the molecule is CN1CCCC(NCCN2CCCCCCC2)CCC1. The third-order valence-corrected chi connectivity index (χ3v) is 4.99. The van der Waals surface area contributed by atoms with E-state index in [2.05, 4.69) is 22.2 Å². The van der Waals surface area contributed by atoms with Gasteiger partial charge in [-0.2, -0.15) is 0 Å². The molecule has 0 saturated carbocycles. The van der Waals surface area contributed by atoms with Crippen LogP contribution in [0.4, 0.5) is 0 Å². The van der Waals surface area contributed by atoms with Crippen LogP contribution < -0.4 is 5.32 Å². The first-order valence-corrected chi connectivity index (χ1v) is 8.99. The summed E-state index contributed by atoms with van der Waals surface area (Å²) >= 11 is 0. The van der Waals surface area contributed by atoms with Crippen LogP contribution in [0.1, 0.15) is 57.8 Å². The van der Waals surface area contributed by atoms with E-state index in [4.69, 9.17) is 0 Å². The minimum Gasteiger partial charge on any atom is -0.313 e. The summed E-state index contributed by atoms with van der Waals surface area (Å²) in [6.07, 6.45) is 12.6. The molecule has 0 radical (unpaired) electrons. The molecule has 3 nitrogen and oxygen atoms in total. The molecule has 2 heterocycles. The molecular formula is C17H35N3. The molecule has 2 rings (SSSR count). The fourth-order valence-electron chi connectivity index (χ4n) is 3.64. The summed E-state index contributed by atoms with van der Waals surface area (Å²) in [7, 11) is 2.26. The highest BCUT2D eigenvalue weighted by atomic mass is 15.1. The van der Waals surface area contributed by atoms with Crippen LogP contribution in [0.25, 0.3) is 0 Å². The van der Waals surface area contributed by atoms with E-state index >= 15 is 0 Å². The van der Waals surface area contributed by atoms with Crippen LogP contribution in [0.5, 0.6) is 0 Å². The molecule has 0 bridgehead atoms. The van der Waals surface area contributed by atoms with Crippen LogP contribution in [0.15, 0.2) is 0 Å². The zero-order valence-electron chi connectivity index (χ0n) is 13.6. The van der Waals surface area contributed by atoms with Gasteiger partial charge in [0.15, 0.2) is 0 Å². The monoisotopic (exact) mass is 281 g/mol. The van der Waals surface area contributed by atoms with Gasteiger partial charge in [-0.1, -0.05) is 19.3 Å². The summed E-state index contributed by atoms with van der Waals surface area (Å²) < 4.78 is 0. The standard InChI is InChI=1S/C17H35N3/c1-19-12-7-9-17(10-8-13-19)18-11-16-20-14-5-3-2-4-6-15-20/h17-18H,2-16H2,1H3. The Hall–Kier alpha value is -0.120. The summed E-state index contributed by atoms with van der Waals surface area (Å²) in [6.45, 7) is 7.68. The lowest BCUT2D eigenvalue weighted by Gasteiger charge is -2.28. The Bertz CT molecular complexity index is 226. The van der Waals surface area contributed by atoms with Crippen LogP contribution in [-0.2, 0) is 0 Å². The lowest BCUT2D eigenvalue weighted by molar-refractivity contribution is 0.234. The third-order valence-electron chi connectivity index (χ3n) is 4.99. The van der Waals surface area contributed by atoms with Crippen LogP contribution in [0.2, 0.25) is 0 Å². The topological polar surface area (TPSA) is 18.5 Å². The van der Waals surface area contributed by atoms with Gasteiger partial charge in [-0.25, -0.2) is 0 Å². The number of nitrogens with one attached hydrogen (secondary N) is 1. The Labute approximate surface area is 126 Å². The van der Waals surface area contributed by atoms with Crippen molar-refractivity contribution in [3.8, 4) is 0 Å². The molecule has 2 saturated heterocycles. The smallest absolute Gasteiger partial charge is 0.0107 e. The zero-order valence-corrected chi connectivity index (χ0v) is 13.6. The van der Waals surface area contributed by atoms with Gasteiger partial charge in [0.1, 0.15) is 0 Å². The number of hydrogen-bond acceptors (Lipinski definition) is 3. The Morgan fingerprint density at radius 1 is 0.800 bits per heavy atom. The number of hydrogen-bond donors (Lipinski definition) is 1. The average molecular weight is 281 g/mol. The Morgan fingerprint density at radius 3 is 2.05 bits per heavy atom. The van der Waals surface area contributed by atoms with Crippen molar-refractivity contribution >= 4 is 0 Å². The van der Waals surface area contributed by atoms with E-state index in [0.717, 1.165) is 6.04 Å². The van der Waals surface area contributed by atoms with Gasteiger partial charge in [0, 0.05) is 19.1 Å². The fraction of sp³-hybridized carbons (Fsp3) is 1.00. The van der Waals surface area contributed by atoms with Crippen molar-refractivity contribution in [2.75, 3.05) is 46.3 Å². The maximum absolute atomic E-state index is 3.83. The van der Waals surface area contributed by atoms with Crippen molar-refractivity contribution in [2.24, 2.45) is 0 Å². The second kappa shape index (κ2) is 9.75. The minimum atomic E-state index is 0.776. The minimum absolute atomic E-state index is 0.776. The molecule has 0 aromatic heterocycles. The summed E-state index contributed by atoms with van der Waals surface area (Å²) in [5, 5.41) is 3.83. The van der Waals surface area contributed by atoms with Crippen molar-refractivity contribution in [2.45, 2.75) is 63.8 Å². The Kier molecular flexibility index (Phi) is 7.92. The molecule has 0 aromatic carbocycles. The highest BCUT2D eigenvalue weighted by Crippen LogP contribution is 2.12. The van der Waals surface area contributed by atoms with E-state index in [1.165, 1.54) is 97.1 Å². The van der Waals surface area contributed by atoms with Gasteiger partial charge in [-0.3, -0.25) is 0 Å². The van der Waals surface area contributed by atoms with Crippen LogP contribution >= 0.6 is 0 Å². The van der Waals surface area contributed by atoms with Crippen molar-refractivity contribution in [1.82, 2.24) is 15.1 Å². The summed E-state index contributed by atoms with van der Waals surface area (Å²) in [5.41, 5.74) is 0. The van der Waals surface area contributed by atoms with Gasteiger partial charge in [0.05, 0.1) is 0 Å². The first-order valence-electron chi connectivity index (χ1n) is 8.99. The van der Waals surface area contributed by atoms with Crippen molar-refractivity contribution < 1.29 is 0 Å². The number of likely N-dealkylation sites (tertiary alicyclic amines) is 2. The maximum atomic E-state index is 3.83. The Balaban J connectivity index is 1.59. The predicted molar refractivity (Wildman–Crippen MR) is 87.3 cm³/mol. The molecule has 3 heteroatoms. The molecule has 2 aliphatic heterocycles. The first-order chi connectivity index (χ1) is 9.84.